The topological polar surface area (TPSA) is 64.9 Å². The minimum absolute atomic E-state index is 0.514. The number of nitrogens with two attached hydrogens (primary N) is 1. The Morgan fingerprint density at radius 1 is 1.37 bits per heavy atom. The van der Waals surface area contributed by atoms with Gasteiger partial charge in [0.05, 0.1) is 10.6 Å². The van der Waals surface area contributed by atoms with Crippen LogP contribution < -0.4 is 5.73 Å². The predicted octanol–water partition coefficient (Wildman–Crippen LogP) is 3.60. The van der Waals surface area contributed by atoms with E-state index in [0.717, 1.165) is 17.0 Å². The van der Waals surface area contributed by atoms with Gasteiger partial charge in [-0.3, -0.25) is 0 Å². The van der Waals surface area contributed by atoms with Crippen molar-refractivity contribution < 1.29 is 4.52 Å². The van der Waals surface area contributed by atoms with E-state index < -0.39 is 0 Å². The zero-order valence-corrected chi connectivity index (χ0v) is 12.1. The van der Waals surface area contributed by atoms with Crippen molar-refractivity contribution in [1.29, 1.82) is 0 Å². The number of hydrogen-bond donors (Lipinski definition) is 1. The molecule has 0 radical (unpaired) electrons. The molecule has 3 rings (SSSR count). The molecule has 4 nitrogen and oxygen atoms in total. The van der Waals surface area contributed by atoms with Crippen LogP contribution in [-0.2, 0) is 12.8 Å². The fraction of sp³-hybridized carbons (Fsp3) is 0.231. The van der Waals surface area contributed by atoms with Crippen LogP contribution in [-0.4, -0.2) is 10.1 Å². The van der Waals surface area contributed by atoms with Gasteiger partial charge in [-0.05, 0) is 23.9 Å². The molecule has 0 fully saturated rings. The largest absolute Gasteiger partial charge is 0.390 e. The number of aryl methyl sites for hydroxylation is 1. The summed E-state index contributed by atoms with van der Waals surface area (Å²) < 4.78 is 5.31. The molecule has 6 heteroatoms. The first kappa shape index (κ1) is 12.4. The van der Waals surface area contributed by atoms with Crippen LogP contribution >= 0.6 is 22.7 Å². The molecule has 0 amide bonds. The van der Waals surface area contributed by atoms with E-state index in [0.29, 0.717) is 18.1 Å². The minimum atomic E-state index is 0.514. The van der Waals surface area contributed by atoms with Gasteiger partial charge in [0.15, 0.2) is 5.82 Å². The molecule has 3 aromatic heterocycles. The molecule has 0 saturated carbocycles. The van der Waals surface area contributed by atoms with E-state index in [9.17, 15) is 0 Å². The molecule has 0 aliphatic heterocycles. The molecule has 0 aliphatic carbocycles. The van der Waals surface area contributed by atoms with E-state index in [1.165, 1.54) is 9.75 Å². The highest BCUT2D eigenvalue weighted by Gasteiger charge is 2.15. The summed E-state index contributed by atoms with van der Waals surface area (Å²) >= 11 is 3.27. The van der Waals surface area contributed by atoms with E-state index in [1.807, 2.05) is 17.5 Å². The third-order valence-electron chi connectivity index (χ3n) is 2.77. The van der Waals surface area contributed by atoms with Gasteiger partial charge < -0.3 is 10.3 Å². The molecule has 2 N–H and O–H groups in total. The molecule has 0 aromatic carbocycles. The average Bonchev–Trinajstić information content (AvgIpc) is 3.10. The van der Waals surface area contributed by atoms with E-state index in [-0.39, 0.29) is 0 Å². The van der Waals surface area contributed by atoms with Crippen molar-refractivity contribution in [2.45, 2.75) is 19.8 Å². The van der Waals surface area contributed by atoms with Crippen LogP contribution in [0.4, 0.5) is 5.00 Å². The lowest BCUT2D eigenvalue weighted by molar-refractivity contribution is 0.424. The van der Waals surface area contributed by atoms with Crippen LogP contribution in [0.1, 0.15) is 22.5 Å². The number of thiophene rings is 2. The van der Waals surface area contributed by atoms with Gasteiger partial charge in [0.1, 0.15) is 0 Å². The van der Waals surface area contributed by atoms with Crippen molar-refractivity contribution in [3.05, 3.63) is 39.2 Å². The molecule has 98 valence electrons. The Bertz CT molecular complexity index is 670. The predicted molar refractivity (Wildman–Crippen MR) is 78.5 cm³/mol. The third-order valence-corrected chi connectivity index (χ3v) is 4.76. The second-order valence-corrected chi connectivity index (χ2v) is 6.32. The summed E-state index contributed by atoms with van der Waals surface area (Å²) in [6, 6.07) is 6.11. The monoisotopic (exact) mass is 291 g/mol. The van der Waals surface area contributed by atoms with Gasteiger partial charge >= 0.3 is 0 Å². The maximum absolute atomic E-state index is 5.99. The Hall–Kier alpha value is -1.66. The van der Waals surface area contributed by atoms with Crippen molar-refractivity contribution in [1.82, 2.24) is 10.1 Å². The standard InChI is InChI=1S/C13H13N3OS2/c1-2-8-6-10(12(14)19-8)13-15-11(16-17-13)7-9-4-3-5-18-9/h3-6H,2,7,14H2,1H3. The normalized spacial score (nSPS) is 11.0. The van der Waals surface area contributed by atoms with Crippen molar-refractivity contribution in [2.75, 3.05) is 5.73 Å². The van der Waals surface area contributed by atoms with Gasteiger partial charge in [-0.1, -0.05) is 18.1 Å². The molecule has 0 atom stereocenters. The second-order valence-electron chi connectivity index (χ2n) is 4.12. The number of aromatic nitrogens is 2. The van der Waals surface area contributed by atoms with E-state index >= 15 is 0 Å². The van der Waals surface area contributed by atoms with Crippen LogP contribution in [0.5, 0.6) is 0 Å². The van der Waals surface area contributed by atoms with Gasteiger partial charge in [0.2, 0.25) is 0 Å². The Morgan fingerprint density at radius 2 is 2.26 bits per heavy atom. The summed E-state index contributed by atoms with van der Waals surface area (Å²) in [5.41, 5.74) is 6.84. The zero-order valence-electron chi connectivity index (χ0n) is 10.4. The van der Waals surface area contributed by atoms with Gasteiger partial charge in [-0.15, -0.1) is 22.7 Å². The van der Waals surface area contributed by atoms with Crippen LogP contribution in [0.15, 0.2) is 28.1 Å². The summed E-state index contributed by atoms with van der Waals surface area (Å²) in [6.45, 7) is 2.10. The maximum atomic E-state index is 5.99. The van der Waals surface area contributed by atoms with Crippen molar-refractivity contribution in [3.8, 4) is 11.5 Å². The summed E-state index contributed by atoms with van der Waals surface area (Å²) in [4.78, 5) is 6.87. The smallest absolute Gasteiger partial charge is 0.260 e. The first-order chi connectivity index (χ1) is 9.26. The first-order valence-electron chi connectivity index (χ1n) is 5.99. The van der Waals surface area contributed by atoms with Crippen molar-refractivity contribution in [3.63, 3.8) is 0 Å². The third kappa shape index (κ3) is 2.54. The highest BCUT2D eigenvalue weighted by Crippen LogP contribution is 2.33. The average molecular weight is 291 g/mol. The molecular weight excluding hydrogens is 278 g/mol. The summed E-state index contributed by atoms with van der Waals surface area (Å²) in [7, 11) is 0. The van der Waals surface area contributed by atoms with E-state index in [4.69, 9.17) is 10.3 Å². The number of rotatable bonds is 4. The second kappa shape index (κ2) is 5.14. The van der Waals surface area contributed by atoms with Crippen molar-refractivity contribution in [2.24, 2.45) is 0 Å². The van der Waals surface area contributed by atoms with E-state index in [1.54, 1.807) is 22.7 Å². The lowest BCUT2D eigenvalue weighted by Crippen LogP contribution is -1.88. The summed E-state index contributed by atoms with van der Waals surface area (Å²) in [5.74, 6) is 1.21. The summed E-state index contributed by atoms with van der Waals surface area (Å²) in [5, 5.41) is 6.79. The minimum Gasteiger partial charge on any atom is -0.390 e. The van der Waals surface area contributed by atoms with Crippen LogP contribution in [0.2, 0.25) is 0 Å². The fourth-order valence-electron chi connectivity index (χ4n) is 1.80. The zero-order chi connectivity index (χ0) is 13.2. The van der Waals surface area contributed by atoms with Crippen LogP contribution in [0.3, 0.4) is 0 Å². The maximum Gasteiger partial charge on any atom is 0.260 e. The Labute approximate surface area is 118 Å². The van der Waals surface area contributed by atoms with Gasteiger partial charge in [0, 0.05) is 16.2 Å². The number of nitrogens with zero attached hydrogens (tertiary/aromatic N) is 2. The Balaban J connectivity index is 1.86. The molecule has 0 saturated heterocycles. The molecule has 0 unspecified atom stereocenters. The fourth-order valence-corrected chi connectivity index (χ4v) is 3.36. The number of nitrogen functional groups attached to an aromatic ring is 1. The van der Waals surface area contributed by atoms with Gasteiger partial charge in [-0.25, -0.2) is 0 Å². The lowest BCUT2D eigenvalue weighted by Gasteiger charge is -1.89. The van der Waals surface area contributed by atoms with Crippen LogP contribution in [0.25, 0.3) is 11.5 Å². The SMILES string of the molecule is CCc1cc(-c2nc(Cc3cccs3)no2)c(N)s1. The molecule has 3 aromatic rings. The first-order valence-corrected chi connectivity index (χ1v) is 7.69. The molecule has 3 heterocycles. The molecule has 0 bridgehead atoms. The Morgan fingerprint density at radius 3 is 2.95 bits per heavy atom. The van der Waals surface area contributed by atoms with Crippen LogP contribution in [0, 0.1) is 0 Å². The molecule has 19 heavy (non-hydrogen) atoms. The van der Waals surface area contributed by atoms with Gasteiger partial charge in [-0.2, -0.15) is 4.98 Å². The highest BCUT2D eigenvalue weighted by atomic mass is 32.1. The van der Waals surface area contributed by atoms with E-state index in [2.05, 4.69) is 23.1 Å². The number of anilines is 1. The highest BCUT2D eigenvalue weighted by molar-refractivity contribution is 7.16. The molecule has 0 aliphatic rings. The van der Waals surface area contributed by atoms with Crippen molar-refractivity contribution >= 4 is 27.7 Å². The molecular formula is C13H13N3OS2. The lowest BCUT2D eigenvalue weighted by atomic mass is 10.2. The Kier molecular flexibility index (Phi) is 3.35. The van der Waals surface area contributed by atoms with Gasteiger partial charge in [0.25, 0.3) is 5.89 Å². The number of hydrogen-bond acceptors (Lipinski definition) is 6. The quantitative estimate of drug-likeness (QED) is 0.797. The summed E-state index contributed by atoms with van der Waals surface area (Å²) in [6.07, 6.45) is 1.66. The molecule has 0 spiro atoms.